The predicted octanol–water partition coefficient (Wildman–Crippen LogP) is 4.24. The van der Waals surface area contributed by atoms with E-state index >= 15 is 0 Å². The lowest BCUT2D eigenvalue weighted by atomic mass is 9.57. The minimum Gasteiger partial charge on any atom is -0.325 e. The van der Waals surface area contributed by atoms with Gasteiger partial charge in [0.1, 0.15) is 0 Å². The van der Waals surface area contributed by atoms with Crippen LogP contribution in [0.5, 0.6) is 0 Å². The number of hydrogen-bond acceptors (Lipinski definition) is 3. The predicted molar refractivity (Wildman–Crippen MR) is 85.7 cm³/mol. The van der Waals surface area contributed by atoms with Crippen molar-refractivity contribution in [3.8, 4) is 0 Å². The average molecular weight is 352 g/mol. The molecule has 1 unspecified atom stereocenters. The fourth-order valence-electron chi connectivity index (χ4n) is 4.15. The molecule has 25 heavy (non-hydrogen) atoms. The van der Waals surface area contributed by atoms with E-state index in [9.17, 15) is 22.8 Å². The van der Waals surface area contributed by atoms with Crippen LogP contribution in [0.2, 0.25) is 0 Å². The first-order valence-electron chi connectivity index (χ1n) is 8.32. The van der Waals surface area contributed by atoms with Gasteiger partial charge in [0.25, 0.3) is 0 Å². The first-order valence-corrected chi connectivity index (χ1v) is 8.32. The second-order valence-corrected chi connectivity index (χ2v) is 7.05. The summed E-state index contributed by atoms with van der Waals surface area (Å²) in [7, 11) is 0. The average Bonchev–Trinajstić information content (AvgIpc) is 2.57. The number of benzene rings is 1. The van der Waals surface area contributed by atoms with Gasteiger partial charge in [0, 0.05) is 5.69 Å². The van der Waals surface area contributed by atoms with E-state index in [-0.39, 0.29) is 5.91 Å². The highest BCUT2D eigenvalue weighted by molar-refractivity contribution is 5.97. The Bertz CT molecular complexity index is 730. The number of amides is 1. The van der Waals surface area contributed by atoms with Crippen molar-refractivity contribution in [1.29, 1.82) is 0 Å². The Kier molecular flexibility index (Phi) is 4.45. The van der Waals surface area contributed by atoms with E-state index in [4.69, 9.17) is 0 Å². The summed E-state index contributed by atoms with van der Waals surface area (Å²) in [6, 6.07) is 2.86. The Morgan fingerprint density at radius 3 is 2.56 bits per heavy atom. The number of nitrogens with zero attached hydrogens (tertiary/aromatic N) is 1. The summed E-state index contributed by atoms with van der Waals surface area (Å²) in [6.45, 7) is 1.53. The highest BCUT2D eigenvalue weighted by Gasteiger charge is 2.53. The van der Waals surface area contributed by atoms with Gasteiger partial charge in [-0.3, -0.25) is 4.79 Å². The van der Waals surface area contributed by atoms with Crippen LogP contribution >= 0.6 is 0 Å². The van der Waals surface area contributed by atoms with Crippen molar-refractivity contribution in [2.75, 3.05) is 5.32 Å². The molecule has 1 atom stereocenters. The first-order chi connectivity index (χ1) is 11.8. The zero-order chi connectivity index (χ0) is 18.2. The van der Waals surface area contributed by atoms with E-state index in [1.165, 1.54) is 13.0 Å². The molecular weight excluding hydrogens is 333 g/mol. The van der Waals surface area contributed by atoms with Gasteiger partial charge < -0.3 is 5.32 Å². The van der Waals surface area contributed by atoms with Crippen LogP contribution in [0.25, 0.3) is 0 Å². The largest absolute Gasteiger partial charge is 0.416 e. The van der Waals surface area contributed by atoms with E-state index in [2.05, 4.69) is 10.3 Å². The first kappa shape index (κ1) is 17.7. The van der Waals surface area contributed by atoms with Gasteiger partial charge in [-0.1, -0.05) is 0 Å². The number of aliphatic imine (C=N–C) groups is 1. The molecule has 0 spiro atoms. The van der Waals surface area contributed by atoms with Crippen LogP contribution in [0, 0.1) is 18.3 Å². The molecule has 3 fully saturated rings. The Hall–Kier alpha value is -2.14. The summed E-state index contributed by atoms with van der Waals surface area (Å²) in [6.07, 6.45) is 0.931. The molecule has 0 saturated heterocycles. The van der Waals surface area contributed by atoms with Crippen molar-refractivity contribution >= 4 is 17.7 Å². The van der Waals surface area contributed by atoms with E-state index in [0.29, 0.717) is 36.4 Å². The third-order valence-electron chi connectivity index (χ3n) is 5.65. The summed E-state index contributed by atoms with van der Waals surface area (Å²) < 4.78 is 38.3. The van der Waals surface area contributed by atoms with Crippen molar-refractivity contribution in [2.45, 2.75) is 51.2 Å². The maximum absolute atomic E-state index is 12.9. The number of carbonyl (C=O) groups is 1. The maximum atomic E-state index is 12.9. The van der Waals surface area contributed by atoms with Gasteiger partial charge in [0.05, 0.1) is 17.0 Å². The van der Waals surface area contributed by atoms with Gasteiger partial charge in [0.2, 0.25) is 12.0 Å². The number of halogens is 3. The lowest BCUT2D eigenvalue weighted by molar-refractivity contribution is -0.137. The molecule has 0 radical (unpaired) electrons. The molecule has 1 aromatic carbocycles. The minimum atomic E-state index is -4.42. The second-order valence-electron chi connectivity index (χ2n) is 7.05. The van der Waals surface area contributed by atoms with Gasteiger partial charge in [-0.25, -0.2) is 9.79 Å². The van der Waals surface area contributed by atoms with Crippen molar-refractivity contribution in [3.05, 3.63) is 29.3 Å². The monoisotopic (exact) mass is 352 g/mol. The topological polar surface area (TPSA) is 58.5 Å². The van der Waals surface area contributed by atoms with Crippen molar-refractivity contribution in [3.63, 3.8) is 0 Å². The summed E-state index contributed by atoms with van der Waals surface area (Å²) in [5.41, 5.74) is -0.808. The van der Waals surface area contributed by atoms with Crippen LogP contribution in [-0.2, 0) is 15.8 Å². The van der Waals surface area contributed by atoms with E-state index in [1.807, 2.05) is 0 Å². The van der Waals surface area contributed by atoms with Crippen LogP contribution in [0.15, 0.2) is 23.2 Å². The molecule has 3 saturated carbocycles. The van der Waals surface area contributed by atoms with E-state index < -0.39 is 23.2 Å². The van der Waals surface area contributed by atoms with Gasteiger partial charge >= 0.3 is 6.18 Å². The summed E-state index contributed by atoms with van der Waals surface area (Å²) >= 11 is 0. The maximum Gasteiger partial charge on any atom is 0.416 e. The Morgan fingerprint density at radius 2 is 2.00 bits per heavy atom. The fraction of sp³-hybridized carbons (Fsp3) is 0.556. The Labute approximate surface area is 143 Å². The van der Waals surface area contributed by atoms with Crippen molar-refractivity contribution < 1.29 is 22.8 Å². The van der Waals surface area contributed by atoms with Gasteiger partial charge in [-0.05, 0) is 68.7 Å². The number of isocyanates is 1. The van der Waals surface area contributed by atoms with Gasteiger partial charge in [-0.15, -0.1) is 0 Å². The zero-order valence-electron chi connectivity index (χ0n) is 13.8. The highest BCUT2D eigenvalue weighted by atomic mass is 19.4. The Balaban J connectivity index is 1.85. The molecule has 1 amide bonds. The molecule has 1 aromatic rings. The van der Waals surface area contributed by atoms with Crippen LogP contribution in [0.4, 0.5) is 18.9 Å². The second kappa shape index (κ2) is 6.30. The van der Waals surface area contributed by atoms with Crippen LogP contribution in [0.1, 0.15) is 43.2 Å². The lowest BCUT2D eigenvalue weighted by Gasteiger charge is -2.48. The minimum absolute atomic E-state index is 0.266. The highest BCUT2D eigenvalue weighted by Crippen LogP contribution is 2.52. The summed E-state index contributed by atoms with van der Waals surface area (Å²) in [5, 5.41) is 2.77. The van der Waals surface area contributed by atoms with Crippen LogP contribution in [0.3, 0.4) is 0 Å². The number of nitrogens with one attached hydrogen (secondary N) is 1. The number of fused-ring (bicyclic) bond motifs is 3. The number of rotatable bonds is 3. The quantitative estimate of drug-likeness (QED) is 0.653. The number of hydrogen-bond donors (Lipinski definition) is 1. The molecule has 7 heteroatoms. The molecule has 3 aliphatic rings. The summed E-state index contributed by atoms with van der Waals surface area (Å²) in [5.74, 6) is 0.210. The summed E-state index contributed by atoms with van der Waals surface area (Å²) in [4.78, 5) is 27.5. The fourth-order valence-corrected chi connectivity index (χ4v) is 4.15. The number of alkyl halides is 3. The molecule has 2 bridgehead atoms. The molecular formula is C18H19F3N2O2. The number of anilines is 1. The number of aryl methyl sites for hydroxylation is 1. The smallest absolute Gasteiger partial charge is 0.325 e. The standard InChI is InChI=1S/C18H19F3N2O2/c1-11-8-13(18(19,20)21)2-3-14(11)23-16(25)17-6-4-12(5-7-17)9-15(17)22-10-24/h2-3,8,12,15H,4-7,9H2,1H3,(H,23,25). The molecule has 0 heterocycles. The van der Waals surface area contributed by atoms with Crippen LogP contribution in [-0.4, -0.2) is 18.0 Å². The van der Waals surface area contributed by atoms with Gasteiger partial charge in [-0.2, -0.15) is 13.2 Å². The zero-order valence-corrected chi connectivity index (χ0v) is 13.8. The molecule has 134 valence electrons. The molecule has 1 N–H and O–H groups in total. The lowest BCUT2D eigenvalue weighted by Crippen LogP contribution is -2.52. The SMILES string of the molecule is Cc1cc(C(F)(F)F)ccc1NC(=O)C12CCC(CC1)CC2N=C=O. The number of carbonyl (C=O) groups excluding carboxylic acids is 2. The van der Waals surface area contributed by atoms with Crippen molar-refractivity contribution in [2.24, 2.45) is 16.3 Å². The van der Waals surface area contributed by atoms with E-state index in [0.717, 1.165) is 25.0 Å². The van der Waals surface area contributed by atoms with Crippen molar-refractivity contribution in [1.82, 2.24) is 0 Å². The molecule has 4 rings (SSSR count). The molecule has 4 nitrogen and oxygen atoms in total. The van der Waals surface area contributed by atoms with E-state index in [1.54, 1.807) is 6.08 Å². The third-order valence-corrected chi connectivity index (χ3v) is 5.65. The molecule has 3 aliphatic carbocycles. The normalized spacial score (nSPS) is 28.3. The Morgan fingerprint density at radius 1 is 1.32 bits per heavy atom. The van der Waals surface area contributed by atoms with Gasteiger partial charge in [0.15, 0.2) is 0 Å². The van der Waals surface area contributed by atoms with Crippen LogP contribution < -0.4 is 5.32 Å². The molecule has 0 aliphatic heterocycles. The molecule has 0 aromatic heterocycles. The third kappa shape index (κ3) is 3.21.